The second-order valence-electron chi connectivity index (χ2n) is 5.48. The van der Waals surface area contributed by atoms with Gasteiger partial charge in [0.15, 0.2) is 0 Å². The molecule has 1 N–H and O–H groups in total. The zero-order chi connectivity index (χ0) is 17.5. The van der Waals surface area contributed by atoms with Crippen LogP contribution in [-0.2, 0) is 4.79 Å². The van der Waals surface area contributed by atoms with E-state index in [1.807, 2.05) is 37.3 Å². The van der Waals surface area contributed by atoms with Crippen molar-refractivity contribution >= 4 is 17.7 Å². The molecule has 0 heterocycles. The Labute approximate surface area is 145 Å². The normalized spacial score (nSPS) is 12.2. The number of carboxylic acids is 1. The summed E-state index contributed by atoms with van der Waals surface area (Å²) in [5.74, 6) is -0.448. The Morgan fingerprint density at radius 1 is 1.29 bits per heavy atom. The molecule has 24 heavy (non-hydrogen) atoms. The van der Waals surface area contributed by atoms with Gasteiger partial charge in [0.2, 0.25) is 0 Å². The van der Waals surface area contributed by atoms with Crippen LogP contribution in [0.1, 0.15) is 6.92 Å². The van der Waals surface area contributed by atoms with Crippen molar-refractivity contribution < 1.29 is 19.0 Å². The van der Waals surface area contributed by atoms with Crippen LogP contribution in [0.4, 0.5) is 4.39 Å². The number of hydrogen-bond donors (Lipinski definition) is 1. The zero-order valence-electron chi connectivity index (χ0n) is 13.6. The lowest BCUT2D eigenvalue weighted by atomic mass is 10.3. The van der Waals surface area contributed by atoms with Gasteiger partial charge in [-0.15, -0.1) is 0 Å². The van der Waals surface area contributed by atoms with Gasteiger partial charge in [0, 0.05) is 10.9 Å². The van der Waals surface area contributed by atoms with Crippen LogP contribution < -0.4 is 4.74 Å². The molecule has 0 radical (unpaired) electrons. The number of nitrogens with zero attached hydrogens (tertiary/aromatic N) is 1. The highest BCUT2D eigenvalue weighted by atomic mass is 32.2. The Hall–Kier alpha value is -2.05. The van der Waals surface area contributed by atoms with Crippen LogP contribution in [0.25, 0.3) is 0 Å². The number of rotatable bonds is 8. The minimum absolute atomic E-state index is 0.0375. The standard InChI is InChI=1S/C18H20FNO3S/c1-13(20(2)11-18(21)22)12-23-16-8-3-4-9-17(16)24-15-7-5-6-14(19)10-15/h3-10,13H,11-12H2,1-2H3,(H,21,22)/t13-/m0/s1. The van der Waals surface area contributed by atoms with Crippen molar-refractivity contribution in [3.63, 3.8) is 0 Å². The summed E-state index contributed by atoms with van der Waals surface area (Å²) in [7, 11) is 1.75. The van der Waals surface area contributed by atoms with Crippen LogP contribution in [-0.4, -0.2) is 42.2 Å². The van der Waals surface area contributed by atoms with Crippen molar-refractivity contribution in [3.05, 3.63) is 54.3 Å². The third kappa shape index (κ3) is 5.54. The van der Waals surface area contributed by atoms with Crippen molar-refractivity contribution in [2.45, 2.75) is 22.8 Å². The van der Waals surface area contributed by atoms with E-state index in [0.29, 0.717) is 12.4 Å². The lowest BCUT2D eigenvalue weighted by Crippen LogP contribution is -2.37. The molecule has 0 aliphatic carbocycles. The van der Waals surface area contributed by atoms with Gasteiger partial charge in [-0.2, -0.15) is 0 Å². The second kappa shape index (κ2) is 8.70. The molecule has 0 amide bonds. The Morgan fingerprint density at radius 3 is 2.75 bits per heavy atom. The fraction of sp³-hybridized carbons (Fsp3) is 0.278. The van der Waals surface area contributed by atoms with E-state index in [1.54, 1.807) is 18.0 Å². The average Bonchev–Trinajstić information content (AvgIpc) is 2.53. The maximum atomic E-state index is 13.3. The van der Waals surface area contributed by atoms with E-state index in [1.165, 1.54) is 23.9 Å². The molecule has 0 spiro atoms. The first kappa shape index (κ1) is 18.3. The number of para-hydroxylation sites is 1. The molecule has 0 saturated carbocycles. The Morgan fingerprint density at radius 2 is 2.04 bits per heavy atom. The molecule has 0 unspecified atom stereocenters. The second-order valence-corrected chi connectivity index (χ2v) is 6.59. The number of ether oxygens (including phenoxy) is 1. The number of hydrogen-bond acceptors (Lipinski definition) is 4. The lowest BCUT2D eigenvalue weighted by molar-refractivity contribution is -0.138. The SMILES string of the molecule is C[C@@H](COc1ccccc1Sc1cccc(F)c1)N(C)CC(=O)O. The van der Waals surface area contributed by atoms with Gasteiger partial charge in [-0.3, -0.25) is 9.69 Å². The van der Waals surface area contributed by atoms with Gasteiger partial charge in [-0.25, -0.2) is 4.39 Å². The molecule has 0 saturated heterocycles. The molecule has 6 heteroatoms. The van der Waals surface area contributed by atoms with Gasteiger partial charge >= 0.3 is 5.97 Å². The predicted octanol–water partition coefficient (Wildman–Crippen LogP) is 3.76. The molecule has 0 aliphatic heterocycles. The van der Waals surface area contributed by atoms with Gasteiger partial charge < -0.3 is 9.84 Å². The maximum absolute atomic E-state index is 13.3. The van der Waals surface area contributed by atoms with E-state index in [2.05, 4.69) is 0 Å². The maximum Gasteiger partial charge on any atom is 0.317 e. The summed E-state index contributed by atoms with van der Waals surface area (Å²) in [5.41, 5.74) is 0. The summed E-state index contributed by atoms with van der Waals surface area (Å²) in [6.45, 7) is 2.24. The third-order valence-electron chi connectivity index (χ3n) is 3.49. The lowest BCUT2D eigenvalue weighted by Gasteiger charge is -2.23. The van der Waals surface area contributed by atoms with Crippen LogP contribution in [0.3, 0.4) is 0 Å². The number of carbonyl (C=O) groups is 1. The van der Waals surface area contributed by atoms with Crippen molar-refractivity contribution in [3.8, 4) is 5.75 Å². The quantitative estimate of drug-likeness (QED) is 0.786. The summed E-state index contributed by atoms with van der Waals surface area (Å²) in [4.78, 5) is 14.1. The Bertz CT molecular complexity index is 695. The predicted molar refractivity (Wildman–Crippen MR) is 92.2 cm³/mol. The van der Waals surface area contributed by atoms with E-state index in [-0.39, 0.29) is 18.4 Å². The van der Waals surface area contributed by atoms with Crippen molar-refractivity contribution in [2.75, 3.05) is 20.2 Å². The van der Waals surface area contributed by atoms with Gasteiger partial charge in [-0.05, 0) is 44.3 Å². The monoisotopic (exact) mass is 349 g/mol. The molecular formula is C18H20FNO3S. The number of likely N-dealkylation sites (N-methyl/N-ethyl adjacent to an activating group) is 1. The first-order chi connectivity index (χ1) is 11.5. The van der Waals surface area contributed by atoms with Gasteiger partial charge in [0.25, 0.3) is 0 Å². The van der Waals surface area contributed by atoms with Gasteiger partial charge in [-0.1, -0.05) is 30.0 Å². The summed E-state index contributed by atoms with van der Waals surface area (Å²) in [6, 6.07) is 13.9. The fourth-order valence-corrected chi connectivity index (χ4v) is 2.96. The van der Waals surface area contributed by atoms with Crippen molar-refractivity contribution in [2.24, 2.45) is 0 Å². The van der Waals surface area contributed by atoms with E-state index < -0.39 is 5.97 Å². The van der Waals surface area contributed by atoms with Crippen LogP contribution in [0, 0.1) is 5.82 Å². The molecule has 128 valence electrons. The fourth-order valence-electron chi connectivity index (χ4n) is 2.02. The minimum atomic E-state index is -0.869. The first-order valence-corrected chi connectivity index (χ1v) is 8.34. The zero-order valence-corrected chi connectivity index (χ0v) is 14.4. The van der Waals surface area contributed by atoms with Crippen LogP contribution in [0.15, 0.2) is 58.3 Å². The molecule has 4 nitrogen and oxygen atoms in total. The highest BCUT2D eigenvalue weighted by Gasteiger charge is 2.14. The number of aliphatic carboxylic acids is 1. The summed E-state index contributed by atoms with van der Waals surface area (Å²) < 4.78 is 19.2. The van der Waals surface area contributed by atoms with Gasteiger partial charge in [0.05, 0.1) is 11.4 Å². The molecule has 2 aromatic rings. The van der Waals surface area contributed by atoms with E-state index >= 15 is 0 Å². The van der Waals surface area contributed by atoms with E-state index in [9.17, 15) is 9.18 Å². The third-order valence-corrected chi connectivity index (χ3v) is 4.54. The Kier molecular flexibility index (Phi) is 6.63. The first-order valence-electron chi connectivity index (χ1n) is 7.53. The number of carboxylic acid groups (broad SMARTS) is 1. The van der Waals surface area contributed by atoms with E-state index in [0.717, 1.165) is 9.79 Å². The number of halogens is 1. The molecule has 0 aromatic heterocycles. The molecule has 0 aliphatic rings. The average molecular weight is 349 g/mol. The van der Waals surface area contributed by atoms with Gasteiger partial charge in [0.1, 0.15) is 18.2 Å². The minimum Gasteiger partial charge on any atom is -0.491 e. The summed E-state index contributed by atoms with van der Waals surface area (Å²) >= 11 is 1.43. The molecule has 0 bridgehead atoms. The molecule has 2 aromatic carbocycles. The van der Waals surface area contributed by atoms with E-state index in [4.69, 9.17) is 9.84 Å². The summed E-state index contributed by atoms with van der Waals surface area (Å²) in [6.07, 6.45) is 0. The van der Waals surface area contributed by atoms with Crippen LogP contribution in [0.2, 0.25) is 0 Å². The van der Waals surface area contributed by atoms with Crippen LogP contribution >= 0.6 is 11.8 Å². The Balaban J connectivity index is 2.02. The highest BCUT2D eigenvalue weighted by Crippen LogP contribution is 2.35. The summed E-state index contributed by atoms with van der Waals surface area (Å²) in [5, 5.41) is 8.83. The topological polar surface area (TPSA) is 49.8 Å². The molecular weight excluding hydrogens is 329 g/mol. The number of benzene rings is 2. The van der Waals surface area contributed by atoms with Crippen LogP contribution in [0.5, 0.6) is 5.75 Å². The molecule has 0 fully saturated rings. The largest absolute Gasteiger partial charge is 0.491 e. The smallest absolute Gasteiger partial charge is 0.317 e. The highest BCUT2D eigenvalue weighted by molar-refractivity contribution is 7.99. The molecule has 1 atom stereocenters. The van der Waals surface area contributed by atoms with Crippen molar-refractivity contribution in [1.29, 1.82) is 0 Å². The van der Waals surface area contributed by atoms with Crippen molar-refractivity contribution in [1.82, 2.24) is 4.90 Å². The molecule has 2 rings (SSSR count).